The largest absolute Gasteiger partial charge is 0.508 e. The molecule has 0 saturated heterocycles. The van der Waals surface area contributed by atoms with Gasteiger partial charge in [-0.15, -0.1) is 11.3 Å². The number of hydrogen-bond donors (Lipinski definition) is 3. The second-order valence-corrected chi connectivity index (χ2v) is 8.18. The number of carboxylic acids is 1. The molecule has 1 heterocycles. The minimum absolute atomic E-state index is 0.0783. The summed E-state index contributed by atoms with van der Waals surface area (Å²) in [5.74, 6) is -1.31. The number of carbonyl (C=O) groups excluding carboxylic acids is 1. The van der Waals surface area contributed by atoms with Crippen LogP contribution in [0.3, 0.4) is 0 Å². The van der Waals surface area contributed by atoms with E-state index in [-0.39, 0.29) is 22.8 Å². The fraction of sp³-hybridized carbons (Fsp3) is 0.0400. The van der Waals surface area contributed by atoms with Crippen LogP contribution in [0.1, 0.15) is 26.4 Å². The number of phenolic OH excluding ortho intramolecular Hbond substituents is 2. The number of ketones is 1. The van der Waals surface area contributed by atoms with Gasteiger partial charge in [-0.05, 0) is 60.0 Å². The van der Waals surface area contributed by atoms with Crippen molar-refractivity contribution in [3.8, 4) is 22.6 Å². The van der Waals surface area contributed by atoms with E-state index in [2.05, 4.69) is 0 Å². The Labute approximate surface area is 182 Å². The summed E-state index contributed by atoms with van der Waals surface area (Å²) in [6.45, 7) is 1.84. The Hall–Kier alpha value is -3.90. The highest BCUT2D eigenvalue weighted by molar-refractivity contribution is 7.21. The van der Waals surface area contributed by atoms with E-state index in [1.165, 1.54) is 17.4 Å². The molecule has 0 atom stereocenters. The first-order valence-corrected chi connectivity index (χ1v) is 10.3. The molecule has 4 rings (SSSR count). The molecule has 0 aliphatic carbocycles. The molecule has 6 heteroatoms. The van der Waals surface area contributed by atoms with Gasteiger partial charge >= 0.3 is 5.97 Å². The number of hydrogen-bond acceptors (Lipinski definition) is 5. The number of carboxylic acid groups (broad SMARTS) is 1. The van der Waals surface area contributed by atoms with Crippen LogP contribution < -0.4 is 0 Å². The van der Waals surface area contributed by atoms with E-state index in [0.29, 0.717) is 16.0 Å². The van der Waals surface area contributed by atoms with E-state index in [9.17, 15) is 19.8 Å². The molecule has 0 amide bonds. The molecule has 0 spiro atoms. The third-order valence-corrected chi connectivity index (χ3v) is 6.05. The van der Waals surface area contributed by atoms with Gasteiger partial charge in [0.2, 0.25) is 5.78 Å². The Morgan fingerprint density at radius 1 is 0.935 bits per heavy atom. The molecule has 0 aliphatic rings. The minimum Gasteiger partial charge on any atom is -0.508 e. The summed E-state index contributed by atoms with van der Waals surface area (Å²) in [6, 6.07) is 17.1. The molecular formula is C25H18O5S. The lowest BCUT2D eigenvalue weighted by molar-refractivity contribution is -0.131. The number of benzene rings is 3. The van der Waals surface area contributed by atoms with Gasteiger partial charge in [0.05, 0.1) is 10.4 Å². The quantitative estimate of drug-likeness (QED) is 0.282. The predicted octanol–water partition coefficient (Wildman–Crippen LogP) is 5.62. The molecule has 0 saturated carbocycles. The predicted molar refractivity (Wildman–Crippen MR) is 122 cm³/mol. The molecule has 4 aromatic rings. The first-order chi connectivity index (χ1) is 14.8. The number of aromatic hydroxyl groups is 2. The third-order valence-electron chi connectivity index (χ3n) is 4.90. The van der Waals surface area contributed by atoms with E-state index in [0.717, 1.165) is 27.3 Å². The van der Waals surface area contributed by atoms with Crippen LogP contribution in [-0.2, 0) is 4.79 Å². The summed E-state index contributed by atoms with van der Waals surface area (Å²) in [7, 11) is 0. The normalized spacial score (nSPS) is 11.3. The first-order valence-electron chi connectivity index (χ1n) is 9.45. The van der Waals surface area contributed by atoms with E-state index in [1.54, 1.807) is 48.5 Å². The van der Waals surface area contributed by atoms with Gasteiger partial charge in [-0.3, -0.25) is 4.79 Å². The Kier molecular flexibility index (Phi) is 5.31. The smallest absolute Gasteiger partial charge is 0.328 e. The first kappa shape index (κ1) is 20.4. The van der Waals surface area contributed by atoms with Crippen molar-refractivity contribution in [2.24, 2.45) is 0 Å². The third kappa shape index (κ3) is 4.06. The van der Waals surface area contributed by atoms with Gasteiger partial charge in [0.25, 0.3) is 0 Å². The second kappa shape index (κ2) is 8.08. The van der Waals surface area contributed by atoms with Gasteiger partial charge in [-0.1, -0.05) is 30.3 Å². The maximum atomic E-state index is 13.4. The lowest BCUT2D eigenvalue weighted by Crippen LogP contribution is -2.01. The van der Waals surface area contributed by atoms with Crippen molar-refractivity contribution in [3.63, 3.8) is 0 Å². The zero-order chi connectivity index (χ0) is 22.1. The molecule has 0 fully saturated rings. The van der Waals surface area contributed by atoms with E-state index >= 15 is 0 Å². The fourth-order valence-electron chi connectivity index (χ4n) is 3.42. The lowest BCUT2D eigenvalue weighted by atomic mass is 9.96. The van der Waals surface area contributed by atoms with Crippen molar-refractivity contribution in [2.75, 3.05) is 0 Å². The average molecular weight is 430 g/mol. The van der Waals surface area contributed by atoms with Crippen molar-refractivity contribution in [1.82, 2.24) is 0 Å². The van der Waals surface area contributed by atoms with E-state index < -0.39 is 5.97 Å². The zero-order valence-electron chi connectivity index (χ0n) is 16.5. The molecule has 3 aromatic carbocycles. The van der Waals surface area contributed by atoms with Crippen LogP contribution in [0.25, 0.3) is 27.3 Å². The molecule has 0 radical (unpaired) electrons. The van der Waals surface area contributed by atoms with Crippen molar-refractivity contribution in [1.29, 1.82) is 0 Å². The average Bonchev–Trinajstić information content (AvgIpc) is 3.10. The summed E-state index contributed by atoms with van der Waals surface area (Å²) >= 11 is 1.25. The molecule has 3 N–H and O–H groups in total. The topological polar surface area (TPSA) is 94.8 Å². The Balaban J connectivity index is 1.88. The van der Waals surface area contributed by atoms with Gasteiger partial charge in [-0.2, -0.15) is 0 Å². The second-order valence-electron chi connectivity index (χ2n) is 7.13. The van der Waals surface area contributed by atoms with Crippen molar-refractivity contribution < 1.29 is 24.9 Å². The maximum Gasteiger partial charge on any atom is 0.328 e. The van der Waals surface area contributed by atoms with Crippen LogP contribution in [0.2, 0.25) is 0 Å². The molecule has 1 aromatic heterocycles. The Morgan fingerprint density at radius 3 is 2.35 bits per heavy atom. The maximum absolute atomic E-state index is 13.4. The van der Waals surface area contributed by atoms with Crippen LogP contribution in [0.4, 0.5) is 0 Å². The number of fused-ring (bicyclic) bond motifs is 1. The van der Waals surface area contributed by atoms with Crippen LogP contribution in [-0.4, -0.2) is 27.1 Å². The van der Waals surface area contributed by atoms with Crippen LogP contribution >= 0.6 is 11.3 Å². The van der Waals surface area contributed by atoms with Crippen LogP contribution in [0.15, 0.2) is 66.7 Å². The van der Waals surface area contributed by atoms with Gasteiger partial charge in [0, 0.05) is 21.7 Å². The van der Waals surface area contributed by atoms with E-state index in [4.69, 9.17) is 5.11 Å². The van der Waals surface area contributed by atoms with Gasteiger partial charge < -0.3 is 15.3 Å². The number of rotatable bonds is 5. The Morgan fingerprint density at radius 2 is 1.68 bits per heavy atom. The molecule has 31 heavy (non-hydrogen) atoms. The van der Waals surface area contributed by atoms with Crippen molar-refractivity contribution in [3.05, 3.63) is 88.3 Å². The monoisotopic (exact) mass is 430 g/mol. The summed E-state index contributed by atoms with van der Waals surface area (Å²) < 4.78 is 0.750. The van der Waals surface area contributed by atoms with Crippen molar-refractivity contribution in [2.45, 2.75) is 6.92 Å². The summed E-state index contributed by atoms with van der Waals surface area (Å²) in [5, 5.41) is 29.8. The lowest BCUT2D eigenvalue weighted by Gasteiger charge is -2.08. The highest BCUT2D eigenvalue weighted by Crippen LogP contribution is 2.42. The SMILES string of the molecule is Cc1ccc(C(=O)c2sc3cc(O)ccc3c2-c2ccc(/C=C/C(=O)O)cc2)c(O)c1. The number of aryl methyl sites for hydroxylation is 1. The summed E-state index contributed by atoms with van der Waals surface area (Å²) in [6.07, 6.45) is 2.55. The zero-order valence-corrected chi connectivity index (χ0v) is 17.3. The number of carbonyl (C=O) groups is 2. The molecule has 5 nitrogen and oxygen atoms in total. The van der Waals surface area contributed by atoms with Gasteiger partial charge in [0.1, 0.15) is 11.5 Å². The van der Waals surface area contributed by atoms with Crippen LogP contribution in [0, 0.1) is 6.92 Å². The summed E-state index contributed by atoms with van der Waals surface area (Å²) in [4.78, 5) is 24.6. The highest BCUT2D eigenvalue weighted by atomic mass is 32.1. The van der Waals surface area contributed by atoms with Crippen molar-refractivity contribution >= 4 is 39.3 Å². The standard InChI is InChI=1S/C25H18O5S/c1-14-2-9-18(20(27)12-14)24(30)25-23(19-10-8-17(26)13-21(19)31-25)16-6-3-15(4-7-16)5-11-22(28)29/h2-13,26-27H,1H3,(H,28,29)/b11-5+. The van der Waals surface area contributed by atoms with E-state index in [1.807, 2.05) is 19.1 Å². The molecule has 154 valence electrons. The minimum atomic E-state index is -1.03. The molecular weight excluding hydrogens is 412 g/mol. The number of phenols is 2. The Bertz CT molecular complexity index is 1350. The fourth-order valence-corrected chi connectivity index (χ4v) is 4.63. The molecule has 0 bridgehead atoms. The number of thiophene rings is 1. The highest BCUT2D eigenvalue weighted by Gasteiger charge is 2.23. The van der Waals surface area contributed by atoms with Gasteiger partial charge in [0.15, 0.2) is 0 Å². The molecule has 0 aliphatic heterocycles. The van der Waals surface area contributed by atoms with Gasteiger partial charge in [-0.25, -0.2) is 4.79 Å². The molecule has 0 unspecified atom stereocenters. The van der Waals surface area contributed by atoms with Crippen LogP contribution in [0.5, 0.6) is 11.5 Å². The number of aliphatic carboxylic acids is 1. The summed E-state index contributed by atoms with van der Waals surface area (Å²) in [5.41, 5.74) is 3.26.